The Morgan fingerprint density at radius 2 is 2.27 bits per heavy atom. The van der Waals surface area contributed by atoms with E-state index in [2.05, 4.69) is 21.4 Å². The lowest BCUT2D eigenvalue weighted by Crippen LogP contribution is -2.24. The zero-order valence-corrected chi connectivity index (χ0v) is 8.88. The number of halogens is 1. The molecule has 0 spiro atoms. The zero-order chi connectivity index (χ0) is 10.3. The fourth-order valence-electron chi connectivity index (χ4n) is 1.92. The molecule has 0 atom stereocenters. The number of nitrogens with zero attached hydrogens (tertiary/aromatic N) is 2. The van der Waals surface area contributed by atoms with Gasteiger partial charge >= 0.3 is 0 Å². The molecule has 3 nitrogen and oxygen atoms in total. The van der Waals surface area contributed by atoms with E-state index >= 15 is 0 Å². The van der Waals surface area contributed by atoms with Crippen molar-refractivity contribution in [3.05, 3.63) is 34.6 Å². The average Bonchev–Trinajstić information content (AvgIpc) is 2.26. The molecular weight excluding hydrogens is 210 g/mol. The number of nitrogens with one attached hydrogen (secondary N) is 1. The van der Waals surface area contributed by atoms with E-state index in [0.29, 0.717) is 5.02 Å². The van der Waals surface area contributed by atoms with Crippen LogP contribution in [0.15, 0.2) is 18.3 Å². The third kappa shape index (κ3) is 1.58. The van der Waals surface area contributed by atoms with Crippen molar-refractivity contribution >= 4 is 22.6 Å². The van der Waals surface area contributed by atoms with Crippen molar-refractivity contribution in [2.24, 2.45) is 0 Å². The summed E-state index contributed by atoms with van der Waals surface area (Å²) in [6.45, 7) is 1.89. The maximum absolute atomic E-state index is 5.90. The number of aromatic nitrogens is 2. The van der Waals surface area contributed by atoms with Gasteiger partial charge in [-0.05, 0) is 17.7 Å². The summed E-state index contributed by atoms with van der Waals surface area (Å²) < 4.78 is 0. The Morgan fingerprint density at radius 1 is 1.33 bits per heavy atom. The van der Waals surface area contributed by atoms with Gasteiger partial charge in [0.2, 0.25) is 0 Å². The molecule has 0 saturated heterocycles. The van der Waals surface area contributed by atoms with E-state index < -0.39 is 0 Å². The number of hydrogen-bond donors (Lipinski definition) is 1. The molecular formula is C11H10ClN3. The van der Waals surface area contributed by atoms with Crippen LogP contribution in [-0.4, -0.2) is 16.5 Å². The van der Waals surface area contributed by atoms with Crippen LogP contribution in [0.4, 0.5) is 0 Å². The summed E-state index contributed by atoms with van der Waals surface area (Å²) in [6, 6.07) is 4.04. The molecule has 0 aliphatic carbocycles. The number of hydrogen-bond acceptors (Lipinski definition) is 3. The molecule has 1 aliphatic heterocycles. The van der Waals surface area contributed by atoms with Gasteiger partial charge in [-0.1, -0.05) is 11.6 Å². The van der Waals surface area contributed by atoms with Crippen molar-refractivity contribution in [3.8, 4) is 0 Å². The van der Waals surface area contributed by atoms with E-state index in [9.17, 15) is 0 Å². The number of fused-ring (bicyclic) bond motifs is 2. The quantitative estimate of drug-likeness (QED) is 0.736. The maximum atomic E-state index is 5.90. The molecule has 2 aromatic rings. The lowest BCUT2D eigenvalue weighted by molar-refractivity contribution is 0.632. The second-order valence-electron chi connectivity index (χ2n) is 3.72. The van der Waals surface area contributed by atoms with Gasteiger partial charge in [0, 0.05) is 36.8 Å². The van der Waals surface area contributed by atoms with Gasteiger partial charge in [0.1, 0.15) is 0 Å². The van der Waals surface area contributed by atoms with Crippen LogP contribution in [0.5, 0.6) is 0 Å². The van der Waals surface area contributed by atoms with Crippen LogP contribution in [0.2, 0.25) is 5.02 Å². The molecule has 0 bridgehead atoms. The monoisotopic (exact) mass is 219 g/mol. The minimum Gasteiger partial charge on any atom is -0.312 e. The van der Waals surface area contributed by atoms with E-state index in [4.69, 9.17) is 11.6 Å². The zero-order valence-electron chi connectivity index (χ0n) is 8.13. The van der Waals surface area contributed by atoms with Gasteiger partial charge < -0.3 is 5.32 Å². The van der Waals surface area contributed by atoms with E-state index in [-0.39, 0.29) is 0 Å². The molecule has 0 fully saturated rings. The first-order chi connectivity index (χ1) is 7.33. The Bertz CT molecular complexity index is 524. The molecule has 0 radical (unpaired) electrons. The molecule has 3 rings (SSSR count). The molecule has 15 heavy (non-hydrogen) atoms. The second-order valence-corrected chi connectivity index (χ2v) is 4.16. The van der Waals surface area contributed by atoms with Crippen LogP contribution in [0, 0.1) is 0 Å². The second kappa shape index (κ2) is 3.43. The lowest BCUT2D eigenvalue weighted by Gasteiger charge is -2.16. The van der Waals surface area contributed by atoms with Crippen molar-refractivity contribution in [2.45, 2.75) is 13.0 Å². The lowest BCUT2D eigenvalue weighted by atomic mass is 10.1. The SMILES string of the molecule is Clc1cnc2nc3c(cc2c1)CNCC3. The molecule has 1 N–H and O–H groups in total. The smallest absolute Gasteiger partial charge is 0.159 e. The van der Waals surface area contributed by atoms with Gasteiger partial charge in [0.25, 0.3) is 0 Å². The normalized spacial score (nSPS) is 15.3. The molecule has 0 amide bonds. The number of pyridine rings is 2. The topological polar surface area (TPSA) is 37.8 Å². The van der Waals surface area contributed by atoms with Crippen molar-refractivity contribution in [1.82, 2.24) is 15.3 Å². The van der Waals surface area contributed by atoms with Gasteiger partial charge in [-0.25, -0.2) is 9.97 Å². The van der Waals surface area contributed by atoms with Gasteiger partial charge in [-0.3, -0.25) is 0 Å². The Morgan fingerprint density at radius 3 is 3.20 bits per heavy atom. The fourth-order valence-corrected chi connectivity index (χ4v) is 2.08. The molecule has 4 heteroatoms. The van der Waals surface area contributed by atoms with Gasteiger partial charge in [-0.15, -0.1) is 0 Å². The minimum absolute atomic E-state index is 0.660. The molecule has 2 aromatic heterocycles. The molecule has 0 unspecified atom stereocenters. The van der Waals surface area contributed by atoms with E-state index in [0.717, 1.165) is 36.2 Å². The summed E-state index contributed by atoms with van der Waals surface area (Å²) in [6.07, 6.45) is 2.62. The minimum atomic E-state index is 0.660. The molecule has 76 valence electrons. The van der Waals surface area contributed by atoms with E-state index in [1.807, 2.05) is 6.07 Å². The fraction of sp³-hybridized carbons (Fsp3) is 0.273. The van der Waals surface area contributed by atoms with E-state index in [1.165, 1.54) is 5.56 Å². The highest BCUT2D eigenvalue weighted by atomic mass is 35.5. The summed E-state index contributed by atoms with van der Waals surface area (Å²) >= 11 is 5.90. The Kier molecular flexibility index (Phi) is 2.08. The van der Waals surface area contributed by atoms with Crippen LogP contribution in [0.25, 0.3) is 11.0 Å². The third-order valence-electron chi connectivity index (χ3n) is 2.66. The Labute approximate surface area is 92.5 Å². The van der Waals surface area contributed by atoms with Crippen LogP contribution < -0.4 is 5.32 Å². The highest BCUT2D eigenvalue weighted by Crippen LogP contribution is 2.20. The summed E-state index contributed by atoms with van der Waals surface area (Å²) in [5, 5.41) is 5.01. The molecule has 1 aliphatic rings. The third-order valence-corrected chi connectivity index (χ3v) is 2.86. The first-order valence-electron chi connectivity index (χ1n) is 4.98. The van der Waals surface area contributed by atoms with Crippen LogP contribution in [0.1, 0.15) is 11.3 Å². The van der Waals surface area contributed by atoms with E-state index in [1.54, 1.807) is 6.20 Å². The van der Waals surface area contributed by atoms with Crippen molar-refractivity contribution in [1.29, 1.82) is 0 Å². The summed E-state index contributed by atoms with van der Waals surface area (Å²) in [7, 11) is 0. The summed E-state index contributed by atoms with van der Waals surface area (Å²) in [4.78, 5) is 8.77. The van der Waals surface area contributed by atoms with Crippen LogP contribution in [0.3, 0.4) is 0 Å². The van der Waals surface area contributed by atoms with Crippen LogP contribution >= 0.6 is 11.6 Å². The van der Waals surface area contributed by atoms with Crippen molar-refractivity contribution in [3.63, 3.8) is 0 Å². The van der Waals surface area contributed by atoms with Gasteiger partial charge in [-0.2, -0.15) is 0 Å². The standard InChI is InChI=1S/C11H10ClN3/c12-9-4-7-3-8-5-13-2-1-10(8)15-11(7)14-6-9/h3-4,6,13H,1-2,5H2. The van der Waals surface area contributed by atoms with Gasteiger partial charge in [0.05, 0.1) is 5.02 Å². The largest absolute Gasteiger partial charge is 0.312 e. The van der Waals surface area contributed by atoms with Crippen molar-refractivity contribution in [2.75, 3.05) is 6.54 Å². The highest BCUT2D eigenvalue weighted by Gasteiger charge is 2.11. The number of rotatable bonds is 0. The maximum Gasteiger partial charge on any atom is 0.159 e. The summed E-state index contributed by atoms with van der Waals surface area (Å²) in [5.41, 5.74) is 3.22. The Hall–Kier alpha value is -1.19. The molecule has 0 saturated carbocycles. The Balaban J connectivity index is 2.26. The highest BCUT2D eigenvalue weighted by molar-refractivity contribution is 6.31. The first kappa shape index (κ1) is 9.07. The summed E-state index contributed by atoms with van der Waals surface area (Å²) in [5.74, 6) is 0. The molecule has 0 aromatic carbocycles. The predicted octanol–water partition coefficient (Wildman–Crippen LogP) is 1.93. The predicted molar refractivity (Wildman–Crippen MR) is 60.0 cm³/mol. The average molecular weight is 220 g/mol. The first-order valence-corrected chi connectivity index (χ1v) is 5.35. The van der Waals surface area contributed by atoms with Crippen molar-refractivity contribution < 1.29 is 0 Å². The molecule has 3 heterocycles. The van der Waals surface area contributed by atoms with Gasteiger partial charge in [0.15, 0.2) is 5.65 Å². The van der Waals surface area contributed by atoms with Crippen LogP contribution in [-0.2, 0) is 13.0 Å².